The van der Waals surface area contributed by atoms with E-state index >= 15 is 0 Å². The number of rotatable bonds is 3. The monoisotopic (exact) mass is 189 g/mol. The van der Waals surface area contributed by atoms with E-state index in [1.807, 2.05) is 0 Å². The molecule has 0 saturated carbocycles. The summed E-state index contributed by atoms with van der Waals surface area (Å²) in [6.45, 7) is 1.68. The van der Waals surface area contributed by atoms with Crippen molar-refractivity contribution < 1.29 is 9.59 Å². The fourth-order valence-corrected chi connectivity index (χ4v) is 0.706. The van der Waals surface area contributed by atoms with Gasteiger partial charge in [0.2, 0.25) is 6.29 Å². The van der Waals surface area contributed by atoms with E-state index in [9.17, 15) is 9.59 Å². The fraction of sp³-hybridized carbons (Fsp3) is 0.333. The highest BCUT2D eigenvalue weighted by Crippen LogP contribution is 2.05. The van der Waals surface area contributed by atoms with Crippen molar-refractivity contribution in [1.29, 1.82) is 0 Å². The highest BCUT2D eigenvalue weighted by Gasteiger charge is 2.06. The van der Waals surface area contributed by atoms with Crippen LogP contribution in [0.3, 0.4) is 0 Å². The van der Waals surface area contributed by atoms with Gasteiger partial charge in [-0.15, -0.1) is 0 Å². The van der Waals surface area contributed by atoms with Crippen LogP contribution in [-0.4, -0.2) is 17.4 Å². The van der Waals surface area contributed by atoms with Gasteiger partial charge in [0.05, 0.1) is 4.83 Å². The molecular formula is C6H6BrO2. The van der Waals surface area contributed by atoms with Crippen LogP contribution in [0.4, 0.5) is 0 Å². The van der Waals surface area contributed by atoms with Crippen molar-refractivity contribution in [1.82, 2.24) is 0 Å². The van der Waals surface area contributed by atoms with Crippen LogP contribution in [0.2, 0.25) is 0 Å². The molecule has 0 fully saturated rings. The molecular weight excluding hydrogens is 184 g/mol. The van der Waals surface area contributed by atoms with Gasteiger partial charge in [0.1, 0.15) is 6.29 Å². The van der Waals surface area contributed by atoms with Crippen LogP contribution in [-0.2, 0) is 9.59 Å². The van der Waals surface area contributed by atoms with Crippen LogP contribution in [0.5, 0.6) is 0 Å². The molecule has 0 heterocycles. The number of aldehydes is 1. The highest BCUT2D eigenvalue weighted by atomic mass is 79.9. The van der Waals surface area contributed by atoms with Crippen molar-refractivity contribution in [2.45, 2.75) is 11.8 Å². The summed E-state index contributed by atoms with van der Waals surface area (Å²) in [7, 11) is 0. The number of allylic oxidation sites excluding steroid dienone is 2. The Morgan fingerprint density at radius 2 is 2.33 bits per heavy atom. The third-order valence-corrected chi connectivity index (χ3v) is 1.55. The molecule has 3 heteroatoms. The molecule has 49 valence electrons. The van der Waals surface area contributed by atoms with Gasteiger partial charge in [0.25, 0.3) is 0 Å². The van der Waals surface area contributed by atoms with Crippen molar-refractivity contribution in [2.75, 3.05) is 0 Å². The average molecular weight is 190 g/mol. The van der Waals surface area contributed by atoms with E-state index in [4.69, 9.17) is 0 Å². The number of hydrogen-bond acceptors (Lipinski definition) is 2. The first kappa shape index (κ1) is 8.56. The summed E-state index contributed by atoms with van der Waals surface area (Å²) >= 11 is 2.96. The quantitative estimate of drug-likeness (QED) is 0.378. The molecule has 0 aromatic carbocycles. The molecule has 0 rings (SSSR count). The summed E-state index contributed by atoms with van der Waals surface area (Å²) < 4.78 is 0. The van der Waals surface area contributed by atoms with Gasteiger partial charge in [0.15, 0.2) is 0 Å². The van der Waals surface area contributed by atoms with Gasteiger partial charge in [0, 0.05) is 5.57 Å². The second kappa shape index (κ2) is 4.44. The van der Waals surface area contributed by atoms with Crippen LogP contribution in [0, 0.1) is 0 Å². The molecule has 1 radical (unpaired) electrons. The topological polar surface area (TPSA) is 34.1 Å². The number of alkyl halides is 1. The predicted molar refractivity (Wildman–Crippen MR) is 38.2 cm³/mol. The Bertz CT molecular complexity index is 140. The van der Waals surface area contributed by atoms with E-state index < -0.39 is 4.83 Å². The molecule has 0 spiro atoms. The first-order chi connectivity index (χ1) is 4.26. The van der Waals surface area contributed by atoms with Gasteiger partial charge in [-0.3, -0.25) is 4.79 Å². The second-order valence-electron chi connectivity index (χ2n) is 1.38. The average Bonchev–Trinajstić information content (AvgIpc) is 1.90. The lowest BCUT2D eigenvalue weighted by Crippen LogP contribution is -2.03. The van der Waals surface area contributed by atoms with Gasteiger partial charge in [-0.05, 0) is 6.92 Å². The van der Waals surface area contributed by atoms with Crippen molar-refractivity contribution in [2.24, 2.45) is 0 Å². The Morgan fingerprint density at radius 3 is 2.44 bits per heavy atom. The fourth-order valence-electron chi connectivity index (χ4n) is 0.348. The molecule has 0 aliphatic rings. The minimum absolute atomic E-state index is 0.338. The lowest BCUT2D eigenvalue weighted by molar-refractivity contribution is -0.106. The van der Waals surface area contributed by atoms with Gasteiger partial charge in [-0.1, -0.05) is 22.0 Å². The third kappa shape index (κ3) is 2.56. The summed E-state index contributed by atoms with van der Waals surface area (Å²) in [5, 5.41) is 0. The van der Waals surface area contributed by atoms with E-state index in [2.05, 4.69) is 15.9 Å². The maximum absolute atomic E-state index is 10.00. The maximum Gasteiger partial charge on any atom is 0.230 e. The molecule has 9 heavy (non-hydrogen) atoms. The van der Waals surface area contributed by atoms with Gasteiger partial charge >= 0.3 is 0 Å². The summed E-state index contributed by atoms with van der Waals surface area (Å²) in [6.07, 6.45) is 3.82. The summed E-state index contributed by atoms with van der Waals surface area (Å²) in [5.74, 6) is 0. The maximum atomic E-state index is 10.00. The highest BCUT2D eigenvalue weighted by molar-refractivity contribution is 9.10. The Hall–Kier alpha value is -0.440. The summed E-state index contributed by atoms with van der Waals surface area (Å²) in [5.41, 5.74) is 0.338. The molecule has 0 N–H and O–H groups in total. The van der Waals surface area contributed by atoms with E-state index in [1.165, 1.54) is 0 Å². The van der Waals surface area contributed by atoms with Crippen molar-refractivity contribution >= 4 is 28.5 Å². The molecule has 1 atom stereocenters. The summed E-state index contributed by atoms with van der Waals surface area (Å²) in [6, 6.07) is 0. The molecule has 0 saturated heterocycles. The zero-order valence-electron chi connectivity index (χ0n) is 4.93. The minimum Gasteiger partial charge on any atom is -0.302 e. The standard InChI is InChI=1S/C6H6BrO2/c1-2-5(3-8)6(7)4-9/h2,4,6H,1H3. The number of hydrogen-bond donors (Lipinski definition) is 0. The molecule has 0 aromatic rings. The molecule has 0 bridgehead atoms. The van der Waals surface area contributed by atoms with E-state index in [1.54, 1.807) is 19.3 Å². The molecule has 0 aliphatic heterocycles. The Labute approximate surface area is 62.1 Å². The van der Waals surface area contributed by atoms with Gasteiger partial charge in [-0.25, -0.2) is 0 Å². The Morgan fingerprint density at radius 1 is 1.78 bits per heavy atom. The van der Waals surface area contributed by atoms with Gasteiger partial charge < -0.3 is 4.79 Å². The first-order valence-corrected chi connectivity index (χ1v) is 3.31. The zero-order valence-corrected chi connectivity index (χ0v) is 6.51. The van der Waals surface area contributed by atoms with Crippen molar-refractivity contribution in [3.05, 3.63) is 11.6 Å². The molecule has 1 unspecified atom stereocenters. The van der Waals surface area contributed by atoms with Crippen LogP contribution in [0.1, 0.15) is 6.92 Å². The second-order valence-corrected chi connectivity index (χ2v) is 2.37. The SMILES string of the molecule is CC=C([C]=O)C(Br)C=O. The molecule has 0 amide bonds. The lowest BCUT2D eigenvalue weighted by Gasteiger charge is -1.94. The summed E-state index contributed by atoms with van der Waals surface area (Å²) in [4.78, 5) is 19.5. The van der Waals surface area contributed by atoms with E-state index in [0.29, 0.717) is 11.9 Å². The Balaban J connectivity index is 4.11. The van der Waals surface area contributed by atoms with Crippen LogP contribution in [0.25, 0.3) is 0 Å². The Kier molecular flexibility index (Phi) is 4.22. The number of carbonyl (C=O) groups excluding carboxylic acids is 2. The third-order valence-electron chi connectivity index (χ3n) is 0.845. The number of carbonyl (C=O) groups is 1. The molecule has 0 aromatic heterocycles. The van der Waals surface area contributed by atoms with Crippen molar-refractivity contribution in [3.63, 3.8) is 0 Å². The van der Waals surface area contributed by atoms with Crippen LogP contribution >= 0.6 is 15.9 Å². The van der Waals surface area contributed by atoms with Crippen molar-refractivity contribution in [3.8, 4) is 0 Å². The number of halogens is 1. The van der Waals surface area contributed by atoms with Gasteiger partial charge in [-0.2, -0.15) is 0 Å². The molecule has 0 aliphatic carbocycles. The zero-order chi connectivity index (χ0) is 7.28. The first-order valence-electron chi connectivity index (χ1n) is 2.40. The molecule has 2 nitrogen and oxygen atoms in total. The largest absolute Gasteiger partial charge is 0.302 e. The van der Waals surface area contributed by atoms with Crippen LogP contribution in [0.15, 0.2) is 11.6 Å². The predicted octanol–water partition coefficient (Wildman–Crippen LogP) is 1.00. The normalized spacial score (nSPS) is 14.7. The van der Waals surface area contributed by atoms with E-state index in [-0.39, 0.29) is 0 Å². The smallest absolute Gasteiger partial charge is 0.230 e. The lowest BCUT2D eigenvalue weighted by atomic mass is 10.2. The minimum atomic E-state index is -0.500. The van der Waals surface area contributed by atoms with Crippen LogP contribution < -0.4 is 0 Å². The van der Waals surface area contributed by atoms with E-state index in [0.717, 1.165) is 0 Å².